The fraction of sp³-hybridized carbons (Fsp3) is 0.857. The zero-order valence-electron chi connectivity index (χ0n) is 32.2. The molecule has 0 amide bonds. The third kappa shape index (κ3) is 5.96. The number of ether oxygens (including phenoxy) is 6. The molecule has 2 unspecified atom stereocenters. The van der Waals surface area contributed by atoms with E-state index in [9.17, 15) is 0 Å². The summed E-state index contributed by atoms with van der Waals surface area (Å²) in [6.07, 6.45) is 9.44. The lowest BCUT2D eigenvalue weighted by Crippen LogP contribution is -2.70. The summed E-state index contributed by atoms with van der Waals surface area (Å²) in [4.78, 5) is 24.5. The summed E-state index contributed by atoms with van der Waals surface area (Å²) in [6, 6.07) is 8.58. The SMILES string of the molecule is C[C@@H]1CC[C@H]2[C@@H](C)C(CCOCc3ccc(COCCC4O[C@H]5O[C@@]6(C)CC[C@H]7[C@H](C)CC[C@@H]([C@H]4C)[C@@]57OO6)cc3)O[C@H]3O[C@@]4(C)CC[C@@H]1[C@]32OO4. The Hall–Kier alpha value is -1.18. The summed E-state index contributed by atoms with van der Waals surface area (Å²) < 4.78 is 38.9. The maximum absolute atomic E-state index is 6.74. The van der Waals surface area contributed by atoms with Gasteiger partial charge in [0.1, 0.15) is 0 Å². The molecule has 8 saturated heterocycles. The van der Waals surface area contributed by atoms with Gasteiger partial charge in [0.05, 0.1) is 25.4 Å². The highest BCUT2D eigenvalue weighted by atomic mass is 17.3. The van der Waals surface area contributed by atoms with E-state index in [1.54, 1.807) is 0 Å². The monoisotopic (exact) mass is 726 g/mol. The van der Waals surface area contributed by atoms with Gasteiger partial charge in [0.15, 0.2) is 23.8 Å². The highest BCUT2D eigenvalue weighted by molar-refractivity contribution is 5.21. The molecule has 10 nitrogen and oxygen atoms in total. The topological polar surface area (TPSA) is 92.3 Å². The lowest BCUT2D eigenvalue weighted by Gasteiger charge is -2.60. The van der Waals surface area contributed by atoms with Crippen LogP contribution in [0, 0.1) is 47.3 Å². The molecule has 10 heteroatoms. The van der Waals surface area contributed by atoms with Crippen LogP contribution in [0.3, 0.4) is 0 Å². The second-order valence-electron chi connectivity index (χ2n) is 18.4. The van der Waals surface area contributed by atoms with Crippen LogP contribution in [0.25, 0.3) is 0 Å². The zero-order chi connectivity index (χ0) is 35.9. The number of hydrogen-bond donors (Lipinski definition) is 0. The maximum Gasteiger partial charge on any atom is 0.201 e. The van der Waals surface area contributed by atoms with Gasteiger partial charge in [-0.25, -0.2) is 19.6 Å². The number of hydrogen-bond acceptors (Lipinski definition) is 10. The third-order valence-corrected chi connectivity index (χ3v) is 15.2. The van der Waals surface area contributed by atoms with E-state index < -0.39 is 35.4 Å². The fourth-order valence-electron chi connectivity index (χ4n) is 12.1. The van der Waals surface area contributed by atoms with E-state index in [1.165, 1.54) is 12.8 Å². The first-order valence-electron chi connectivity index (χ1n) is 20.7. The van der Waals surface area contributed by atoms with Gasteiger partial charge in [-0.05, 0) is 112 Å². The molecule has 1 aromatic rings. The summed E-state index contributed by atoms with van der Waals surface area (Å²) >= 11 is 0. The zero-order valence-corrected chi connectivity index (χ0v) is 32.2. The Balaban J connectivity index is 0.734. The van der Waals surface area contributed by atoms with Gasteiger partial charge in [-0.3, -0.25) is 0 Å². The fourth-order valence-corrected chi connectivity index (χ4v) is 12.1. The Morgan fingerprint density at radius 1 is 0.558 bits per heavy atom. The average Bonchev–Trinajstić information content (AvgIpc) is 3.51. The summed E-state index contributed by atoms with van der Waals surface area (Å²) in [5, 5.41) is 0. The molecular formula is C42H62O10. The van der Waals surface area contributed by atoms with E-state index in [4.69, 9.17) is 48.0 Å². The Morgan fingerprint density at radius 3 is 1.40 bits per heavy atom. The van der Waals surface area contributed by atoms with Crippen molar-refractivity contribution >= 4 is 0 Å². The van der Waals surface area contributed by atoms with Crippen molar-refractivity contribution in [3.8, 4) is 0 Å². The standard InChI is InChI=1S/C42H62O10/c1-25-7-13-33-27(3)35(45-37-41(33)31(25)15-19-39(5,47-37)49-51-41)17-21-43-23-29-9-11-30(12-10-29)24-44-22-18-36-28(4)34-14-8-26(2)32-16-20-40(6)48-38(46-36)42(32,34)52-50-40/h9-12,25-28,31-38H,7-8,13-24H2,1-6H3/t25-,26-,27-,28-,31+,32+,33+,34+,35?,36?,37+,38+,39-,40-,41-,42-/m1/s1. The van der Waals surface area contributed by atoms with Gasteiger partial charge < -0.3 is 28.4 Å². The van der Waals surface area contributed by atoms with Crippen LogP contribution >= 0.6 is 0 Å². The highest BCUT2D eigenvalue weighted by Crippen LogP contribution is 2.62. The molecule has 0 aromatic heterocycles. The molecule has 0 radical (unpaired) electrons. The second-order valence-corrected chi connectivity index (χ2v) is 18.4. The first-order chi connectivity index (χ1) is 25.0. The minimum absolute atomic E-state index is 0.0626. The lowest BCUT2D eigenvalue weighted by molar-refractivity contribution is -0.571. The molecule has 290 valence electrons. The van der Waals surface area contributed by atoms with Crippen LogP contribution in [0.1, 0.15) is 117 Å². The first-order valence-corrected chi connectivity index (χ1v) is 20.7. The molecule has 4 bridgehead atoms. The molecule has 10 aliphatic rings. The minimum Gasteiger partial charge on any atom is -0.377 e. The molecule has 1 aromatic carbocycles. The van der Waals surface area contributed by atoms with E-state index >= 15 is 0 Å². The Labute approximate surface area is 310 Å². The number of fused-ring (bicyclic) bond motifs is 4. The Kier molecular flexibility index (Phi) is 9.66. The molecule has 11 rings (SSSR count). The molecule has 2 spiro atoms. The molecule has 2 saturated carbocycles. The van der Waals surface area contributed by atoms with Crippen LogP contribution < -0.4 is 0 Å². The van der Waals surface area contributed by atoms with Crippen LogP contribution in [0.2, 0.25) is 0 Å². The normalized spacial score (nSPS) is 50.6. The van der Waals surface area contributed by atoms with Crippen LogP contribution in [0.5, 0.6) is 0 Å². The van der Waals surface area contributed by atoms with Crippen LogP contribution in [-0.2, 0) is 61.2 Å². The molecule has 52 heavy (non-hydrogen) atoms. The largest absolute Gasteiger partial charge is 0.377 e. The molecule has 8 aliphatic heterocycles. The van der Waals surface area contributed by atoms with Gasteiger partial charge in [-0.1, -0.05) is 52.0 Å². The van der Waals surface area contributed by atoms with Crippen molar-refractivity contribution in [1.29, 1.82) is 0 Å². The summed E-state index contributed by atoms with van der Waals surface area (Å²) in [5.41, 5.74) is 1.30. The van der Waals surface area contributed by atoms with E-state index in [1.807, 2.05) is 13.8 Å². The van der Waals surface area contributed by atoms with Crippen molar-refractivity contribution in [2.75, 3.05) is 13.2 Å². The van der Waals surface area contributed by atoms with Gasteiger partial charge in [0.25, 0.3) is 0 Å². The van der Waals surface area contributed by atoms with Crippen molar-refractivity contribution < 1.29 is 48.0 Å². The quantitative estimate of drug-likeness (QED) is 0.175. The number of benzene rings is 1. The van der Waals surface area contributed by atoms with Crippen LogP contribution in [0.4, 0.5) is 0 Å². The predicted molar refractivity (Wildman–Crippen MR) is 189 cm³/mol. The molecule has 10 fully saturated rings. The Morgan fingerprint density at radius 2 is 0.981 bits per heavy atom. The summed E-state index contributed by atoms with van der Waals surface area (Å²) in [6.45, 7) is 15.7. The molecule has 8 heterocycles. The summed E-state index contributed by atoms with van der Waals surface area (Å²) in [7, 11) is 0. The van der Waals surface area contributed by atoms with Gasteiger partial charge in [-0.15, -0.1) is 0 Å². The van der Waals surface area contributed by atoms with E-state index in [0.29, 0.717) is 73.8 Å². The summed E-state index contributed by atoms with van der Waals surface area (Å²) in [5.74, 6) is 1.81. The van der Waals surface area contributed by atoms with E-state index in [0.717, 1.165) is 62.5 Å². The van der Waals surface area contributed by atoms with Gasteiger partial charge in [0.2, 0.25) is 11.6 Å². The van der Waals surface area contributed by atoms with Gasteiger partial charge >= 0.3 is 0 Å². The second kappa shape index (κ2) is 13.8. The van der Waals surface area contributed by atoms with E-state index in [-0.39, 0.29) is 12.2 Å². The molecular weight excluding hydrogens is 664 g/mol. The number of rotatable bonds is 10. The first kappa shape index (κ1) is 36.5. The van der Waals surface area contributed by atoms with Crippen molar-refractivity contribution in [2.24, 2.45) is 47.3 Å². The lowest BCUT2D eigenvalue weighted by atomic mass is 9.57. The third-order valence-electron chi connectivity index (χ3n) is 15.2. The maximum atomic E-state index is 6.74. The Bertz CT molecular complexity index is 1320. The smallest absolute Gasteiger partial charge is 0.201 e. The van der Waals surface area contributed by atoms with Gasteiger partial charge in [-0.2, -0.15) is 0 Å². The van der Waals surface area contributed by atoms with Gasteiger partial charge in [0, 0.05) is 37.9 Å². The van der Waals surface area contributed by atoms with E-state index in [2.05, 4.69) is 52.0 Å². The van der Waals surface area contributed by atoms with Crippen molar-refractivity contribution in [3.63, 3.8) is 0 Å². The van der Waals surface area contributed by atoms with Crippen LogP contribution in [-0.4, -0.2) is 60.8 Å². The van der Waals surface area contributed by atoms with Crippen LogP contribution in [0.15, 0.2) is 24.3 Å². The van der Waals surface area contributed by atoms with Crippen molar-refractivity contribution in [3.05, 3.63) is 35.4 Å². The van der Waals surface area contributed by atoms with Crippen molar-refractivity contribution in [1.82, 2.24) is 0 Å². The predicted octanol–water partition coefficient (Wildman–Crippen LogP) is 8.00. The highest BCUT2D eigenvalue weighted by Gasteiger charge is 2.70. The molecule has 0 N–H and O–H groups in total. The minimum atomic E-state index is -0.741. The average molecular weight is 727 g/mol. The molecule has 16 atom stereocenters. The molecule has 2 aliphatic carbocycles. The van der Waals surface area contributed by atoms with Crippen molar-refractivity contribution in [2.45, 2.75) is 167 Å².